The maximum atomic E-state index is 12.8. The number of benzene rings is 1. The molecule has 4 amide bonds. The van der Waals surface area contributed by atoms with Crippen molar-refractivity contribution in [2.75, 3.05) is 18.9 Å². The summed E-state index contributed by atoms with van der Waals surface area (Å²) in [5.74, 6) is -0.591. The average Bonchev–Trinajstić information content (AvgIpc) is 2.73. The van der Waals surface area contributed by atoms with Crippen LogP contribution in [0.5, 0.6) is 0 Å². The van der Waals surface area contributed by atoms with E-state index in [0.717, 1.165) is 24.2 Å². The lowest BCUT2D eigenvalue weighted by Crippen LogP contribution is -2.49. The molecule has 0 aromatic heterocycles. The Morgan fingerprint density at radius 2 is 1.78 bits per heavy atom. The SMILES string of the molecule is CN1C(=O)N(CC(=O)Nc2ccccc2)C(=O)C12CCCCC2. The van der Waals surface area contributed by atoms with Gasteiger partial charge < -0.3 is 10.2 Å². The number of para-hydroxylation sites is 1. The smallest absolute Gasteiger partial charge is 0.325 e. The van der Waals surface area contributed by atoms with E-state index in [0.29, 0.717) is 18.5 Å². The standard InChI is InChI=1S/C17H21N3O3/c1-19-16(23)20(15(22)17(19)10-6-3-7-11-17)12-14(21)18-13-8-4-2-5-9-13/h2,4-5,8-9H,3,6-7,10-12H2,1H3,(H,18,21). The van der Waals surface area contributed by atoms with Crippen LogP contribution in [0.2, 0.25) is 0 Å². The van der Waals surface area contributed by atoms with E-state index in [-0.39, 0.29) is 24.4 Å². The first kappa shape index (κ1) is 15.5. The van der Waals surface area contributed by atoms with Crippen molar-refractivity contribution in [2.24, 2.45) is 0 Å². The van der Waals surface area contributed by atoms with Gasteiger partial charge in [0.15, 0.2) is 0 Å². The highest BCUT2D eigenvalue weighted by molar-refractivity contribution is 6.10. The molecule has 23 heavy (non-hydrogen) atoms. The van der Waals surface area contributed by atoms with Crippen LogP contribution in [0, 0.1) is 0 Å². The molecular formula is C17H21N3O3. The fourth-order valence-corrected chi connectivity index (χ4v) is 3.54. The Morgan fingerprint density at radius 1 is 1.13 bits per heavy atom. The van der Waals surface area contributed by atoms with E-state index in [2.05, 4.69) is 5.32 Å². The highest BCUT2D eigenvalue weighted by atomic mass is 16.2. The number of rotatable bonds is 3. The fraction of sp³-hybridized carbons (Fsp3) is 0.471. The topological polar surface area (TPSA) is 69.7 Å². The molecule has 3 rings (SSSR count). The molecular weight excluding hydrogens is 294 g/mol. The number of carbonyl (C=O) groups excluding carboxylic acids is 3. The van der Waals surface area contributed by atoms with E-state index in [1.807, 2.05) is 18.2 Å². The van der Waals surface area contributed by atoms with Crippen molar-refractivity contribution < 1.29 is 14.4 Å². The largest absolute Gasteiger partial charge is 0.327 e. The molecule has 1 saturated carbocycles. The molecule has 1 spiro atoms. The summed E-state index contributed by atoms with van der Waals surface area (Å²) in [5.41, 5.74) is -0.0835. The van der Waals surface area contributed by atoms with Gasteiger partial charge in [-0.1, -0.05) is 37.5 Å². The third-order valence-corrected chi connectivity index (χ3v) is 4.84. The summed E-state index contributed by atoms with van der Waals surface area (Å²) in [6.07, 6.45) is 4.34. The second-order valence-corrected chi connectivity index (χ2v) is 6.24. The fourth-order valence-electron chi connectivity index (χ4n) is 3.54. The van der Waals surface area contributed by atoms with Crippen LogP contribution in [-0.4, -0.2) is 46.8 Å². The van der Waals surface area contributed by atoms with E-state index in [9.17, 15) is 14.4 Å². The van der Waals surface area contributed by atoms with Crippen molar-refractivity contribution in [3.8, 4) is 0 Å². The molecule has 0 radical (unpaired) electrons. The number of imide groups is 1. The summed E-state index contributed by atoms with van der Waals surface area (Å²) in [5, 5.41) is 2.71. The molecule has 1 N–H and O–H groups in total. The lowest BCUT2D eigenvalue weighted by Gasteiger charge is -2.35. The van der Waals surface area contributed by atoms with Crippen LogP contribution in [-0.2, 0) is 9.59 Å². The van der Waals surface area contributed by atoms with Crippen molar-refractivity contribution in [1.29, 1.82) is 0 Å². The van der Waals surface area contributed by atoms with Crippen molar-refractivity contribution in [3.05, 3.63) is 30.3 Å². The molecule has 0 atom stereocenters. The summed E-state index contributed by atoms with van der Waals surface area (Å²) in [4.78, 5) is 40.0. The molecule has 6 nitrogen and oxygen atoms in total. The van der Waals surface area contributed by atoms with Gasteiger partial charge in [0.05, 0.1) is 0 Å². The normalized spacial score (nSPS) is 20.2. The summed E-state index contributed by atoms with van der Waals surface area (Å²) >= 11 is 0. The van der Waals surface area contributed by atoms with E-state index in [1.54, 1.807) is 19.2 Å². The zero-order valence-corrected chi connectivity index (χ0v) is 13.2. The molecule has 2 aliphatic rings. The van der Waals surface area contributed by atoms with Crippen LogP contribution in [0.15, 0.2) is 30.3 Å². The number of nitrogens with zero attached hydrogens (tertiary/aromatic N) is 2. The van der Waals surface area contributed by atoms with Gasteiger partial charge in [-0.15, -0.1) is 0 Å². The average molecular weight is 315 g/mol. The van der Waals surface area contributed by atoms with Gasteiger partial charge in [0, 0.05) is 12.7 Å². The second kappa shape index (κ2) is 6.02. The van der Waals surface area contributed by atoms with Crippen LogP contribution in [0.3, 0.4) is 0 Å². The molecule has 1 saturated heterocycles. The highest BCUT2D eigenvalue weighted by Gasteiger charge is 2.55. The lowest BCUT2D eigenvalue weighted by molar-refractivity contribution is -0.136. The highest BCUT2D eigenvalue weighted by Crippen LogP contribution is 2.39. The van der Waals surface area contributed by atoms with Crippen LogP contribution in [0.1, 0.15) is 32.1 Å². The molecule has 0 bridgehead atoms. The van der Waals surface area contributed by atoms with Crippen molar-refractivity contribution >= 4 is 23.5 Å². The van der Waals surface area contributed by atoms with Gasteiger partial charge in [0.2, 0.25) is 5.91 Å². The van der Waals surface area contributed by atoms with Gasteiger partial charge in [0.25, 0.3) is 5.91 Å². The Labute approximate surface area is 135 Å². The summed E-state index contributed by atoms with van der Waals surface area (Å²) < 4.78 is 0. The van der Waals surface area contributed by atoms with Crippen LogP contribution >= 0.6 is 0 Å². The quantitative estimate of drug-likeness (QED) is 0.870. The second-order valence-electron chi connectivity index (χ2n) is 6.24. The Balaban J connectivity index is 1.71. The minimum atomic E-state index is -0.734. The van der Waals surface area contributed by atoms with E-state index < -0.39 is 5.54 Å². The molecule has 1 aromatic carbocycles. The van der Waals surface area contributed by atoms with Crippen molar-refractivity contribution in [3.63, 3.8) is 0 Å². The number of hydrogen-bond donors (Lipinski definition) is 1. The minimum absolute atomic E-state index is 0.229. The predicted octanol–water partition coefficient (Wildman–Crippen LogP) is 2.22. The van der Waals surface area contributed by atoms with Gasteiger partial charge in [-0.3, -0.25) is 14.5 Å². The third-order valence-electron chi connectivity index (χ3n) is 4.84. The Kier molecular flexibility index (Phi) is 4.07. The van der Waals surface area contributed by atoms with Crippen LogP contribution in [0.4, 0.5) is 10.5 Å². The molecule has 0 unspecified atom stereocenters. The number of likely N-dealkylation sites (N-methyl/N-ethyl adjacent to an activating group) is 1. The number of hydrogen-bond acceptors (Lipinski definition) is 3. The molecule has 2 fully saturated rings. The minimum Gasteiger partial charge on any atom is -0.325 e. The predicted molar refractivity (Wildman–Crippen MR) is 85.8 cm³/mol. The molecule has 1 aliphatic carbocycles. The Morgan fingerprint density at radius 3 is 2.43 bits per heavy atom. The molecule has 1 aliphatic heterocycles. The summed E-state index contributed by atoms with van der Waals surface area (Å²) in [6, 6.07) is 8.63. The number of urea groups is 1. The molecule has 6 heteroatoms. The summed E-state index contributed by atoms with van der Waals surface area (Å²) in [6.45, 7) is -0.237. The van der Waals surface area contributed by atoms with Crippen molar-refractivity contribution in [1.82, 2.24) is 9.80 Å². The van der Waals surface area contributed by atoms with Gasteiger partial charge in [-0.2, -0.15) is 0 Å². The maximum Gasteiger partial charge on any atom is 0.327 e. The number of carbonyl (C=O) groups is 3. The maximum absolute atomic E-state index is 12.8. The van der Waals surface area contributed by atoms with Gasteiger partial charge in [0.1, 0.15) is 12.1 Å². The zero-order chi connectivity index (χ0) is 16.4. The van der Waals surface area contributed by atoms with E-state index in [1.165, 1.54) is 4.90 Å². The Hall–Kier alpha value is -2.37. The lowest BCUT2D eigenvalue weighted by atomic mass is 9.81. The third kappa shape index (κ3) is 2.69. The van der Waals surface area contributed by atoms with Gasteiger partial charge in [-0.25, -0.2) is 4.79 Å². The van der Waals surface area contributed by atoms with Crippen molar-refractivity contribution in [2.45, 2.75) is 37.6 Å². The first-order valence-electron chi connectivity index (χ1n) is 7.99. The first-order chi connectivity index (χ1) is 11.0. The number of amides is 4. The van der Waals surface area contributed by atoms with E-state index in [4.69, 9.17) is 0 Å². The first-order valence-corrected chi connectivity index (χ1v) is 7.99. The van der Waals surface area contributed by atoms with Gasteiger partial charge in [-0.05, 0) is 25.0 Å². The summed E-state index contributed by atoms with van der Waals surface area (Å²) in [7, 11) is 1.67. The molecule has 1 heterocycles. The number of anilines is 1. The van der Waals surface area contributed by atoms with Crippen LogP contribution in [0.25, 0.3) is 0 Å². The van der Waals surface area contributed by atoms with E-state index >= 15 is 0 Å². The monoisotopic (exact) mass is 315 g/mol. The van der Waals surface area contributed by atoms with Crippen LogP contribution < -0.4 is 5.32 Å². The number of nitrogens with one attached hydrogen (secondary N) is 1. The van der Waals surface area contributed by atoms with Gasteiger partial charge >= 0.3 is 6.03 Å². The molecule has 1 aromatic rings. The zero-order valence-electron chi connectivity index (χ0n) is 13.2. The molecule has 122 valence electrons. The Bertz CT molecular complexity index is 623.